The highest BCUT2D eigenvalue weighted by atomic mass is 16.3. The van der Waals surface area contributed by atoms with Gasteiger partial charge in [-0.1, -0.05) is 18.2 Å². The van der Waals surface area contributed by atoms with Gasteiger partial charge in [-0.05, 0) is 37.3 Å². The van der Waals surface area contributed by atoms with Crippen LogP contribution in [0.5, 0.6) is 0 Å². The van der Waals surface area contributed by atoms with Crippen LogP contribution < -0.4 is 5.43 Å². The predicted octanol–water partition coefficient (Wildman–Crippen LogP) is 3.14. The van der Waals surface area contributed by atoms with Crippen LogP contribution >= 0.6 is 0 Å². The molecule has 5 nitrogen and oxygen atoms in total. The molecule has 0 radical (unpaired) electrons. The Hall–Kier alpha value is -3.08. The van der Waals surface area contributed by atoms with Gasteiger partial charge in [0.2, 0.25) is 0 Å². The lowest BCUT2D eigenvalue weighted by atomic mass is 10.3. The number of hydrogen-bond acceptors (Lipinski definition) is 3. The number of hydrogen-bond donors (Lipinski definition) is 1. The standard InChI is InChI=1S/C17H15N3O2/c1-13-10-14(12-20(13)15-6-3-2-4-7-15)11-18-19-17(21)16-8-5-9-22-16/h2-12H,1H3,(H,19,21)/b18-11+. The third-order valence-electron chi connectivity index (χ3n) is 3.19. The minimum absolute atomic E-state index is 0.232. The zero-order valence-corrected chi connectivity index (χ0v) is 12.1. The summed E-state index contributed by atoms with van der Waals surface area (Å²) in [5, 5.41) is 3.95. The van der Waals surface area contributed by atoms with Gasteiger partial charge in [-0.15, -0.1) is 0 Å². The summed E-state index contributed by atoms with van der Waals surface area (Å²) < 4.78 is 7.05. The van der Waals surface area contributed by atoms with Crippen molar-refractivity contribution in [3.8, 4) is 5.69 Å². The summed E-state index contributed by atoms with van der Waals surface area (Å²) in [6.07, 6.45) is 5.02. The van der Waals surface area contributed by atoms with E-state index in [1.807, 2.05) is 49.5 Å². The molecule has 0 saturated carbocycles. The Morgan fingerprint density at radius 1 is 1.23 bits per heavy atom. The van der Waals surface area contributed by atoms with Gasteiger partial charge in [0.1, 0.15) is 0 Å². The molecule has 0 aliphatic rings. The molecule has 2 heterocycles. The van der Waals surface area contributed by atoms with Gasteiger partial charge in [-0.3, -0.25) is 4.79 Å². The maximum Gasteiger partial charge on any atom is 0.307 e. The van der Waals surface area contributed by atoms with Gasteiger partial charge in [-0.25, -0.2) is 5.43 Å². The quantitative estimate of drug-likeness (QED) is 0.593. The Labute approximate surface area is 127 Å². The second kappa shape index (κ2) is 6.13. The highest BCUT2D eigenvalue weighted by Gasteiger charge is 2.06. The van der Waals surface area contributed by atoms with E-state index in [9.17, 15) is 4.79 Å². The molecule has 1 amide bonds. The van der Waals surface area contributed by atoms with Gasteiger partial charge >= 0.3 is 5.91 Å². The van der Waals surface area contributed by atoms with E-state index in [4.69, 9.17) is 4.42 Å². The van der Waals surface area contributed by atoms with E-state index in [0.717, 1.165) is 16.9 Å². The topological polar surface area (TPSA) is 59.5 Å². The van der Waals surface area contributed by atoms with Crippen molar-refractivity contribution < 1.29 is 9.21 Å². The fourth-order valence-electron chi connectivity index (χ4n) is 2.16. The second-order valence-electron chi connectivity index (χ2n) is 4.80. The van der Waals surface area contributed by atoms with E-state index in [1.165, 1.54) is 6.26 Å². The van der Waals surface area contributed by atoms with E-state index >= 15 is 0 Å². The van der Waals surface area contributed by atoms with Crippen molar-refractivity contribution in [2.24, 2.45) is 5.10 Å². The number of amides is 1. The zero-order chi connectivity index (χ0) is 15.4. The number of nitrogens with zero attached hydrogens (tertiary/aromatic N) is 2. The van der Waals surface area contributed by atoms with Crippen molar-refractivity contribution in [1.82, 2.24) is 9.99 Å². The molecule has 110 valence electrons. The van der Waals surface area contributed by atoms with Gasteiger partial charge in [-0.2, -0.15) is 5.10 Å². The van der Waals surface area contributed by atoms with Crippen molar-refractivity contribution >= 4 is 12.1 Å². The molecule has 0 atom stereocenters. The number of para-hydroxylation sites is 1. The number of nitrogens with one attached hydrogen (secondary N) is 1. The Balaban J connectivity index is 1.71. The van der Waals surface area contributed by atoms with Gasteiger partial charge in [0.15, 0.2) is 5.76 Å². The molecule has 0 bridgehead atoms. The summed E-state index contributed by atoms with van der Waals surface area (Å²) in [5.74, 6) is -0.143. The Morgan fingerprint density at radius 3 is 2.77 bits per heavy atom. The van der Waals surface area contributed by atoms with Crippen molar-refractivity contribution in [2.75, 3.05) is 0 Å². The summed E-state index contributed by atoms with van der Waals surface area (Å²) >= 11 is 0. The SMILES string of the molecule is Cc1cc(/C=N/NC(=O)c2ccco2)cn1-c1ccccc1. The number of aromatic nitrogens is 1. The van der Waals surface area contributed by atoms with Crippen LogP contribution in [0.1, 0.15) is 21.8 Å². The number of hydrazone groups is 1. The van der Waals surface area contributed by atoms with Crippen LogP contribution in [0.3, 0.4) is 0 Å². The molecule has 0 saturated heterocycles. The molecular weight excluding hydrogens is 278 g/mol. The van der Waals surface area contributed by atoms with Crippen LogP contribution in [0, 0.1) is 6.92 Å². The summed E-state index contributed by atoms with van der Waals surface area (Å²) in [5.41, 5.74) is 5.50. The molecule has 2 aromatic heterocycles. The van der Waals surface area contributed by atoms with Crippen molar-refractivity contribution in [3.05, 3.63) is 78.0 Å². The number of rotatable bonds is 4. The zero-order valence-electron chi connectivity index (χ0n) is 12.1. The lowest BCUT2D eigenvalue weighted by Crippen LogP contribution is -2.16. The Morgan fingerprint density at radius 2 is 2.05 bits per heavy atom. The van der Waals surface area contributed by atoms with Crippen LogP contribution in [-0.2, 0) is 0 Å². The largest absolute Gasteiger partial charge is 0.459 e. The maximum atomic E-state index is 11.7. The van der Waals surface area contributed by atoms with E-state index in [1.54, 1.807) is 18.3 Å². The number of furan rings is 1. The van der Waals surface area contributed by atoms with Crippen LogP contribution in [0.2, 0.25) is 0 Å². The lowest BCUT2D eigenvalue weighted by Gasteiger charge is -2.04. The average Bonchev–Trinajstić information content (AvgIpc) is 3.18. The first-order valence-electron chi connectivity index (χ1n) is 6.85. The highest BCUT2D eigenvalue weighted by Crippen LogP contribution is 2.13. The smallest absolute Gasteiger partial charge is 0.307 e. The first-order valence-corrected chi connectivity index (χ1v) is 6.85. The molecule has 3 rings (SSSR count). The highest BCUT2D eigenvalue weighted by molar-refractivity contribution is 5.92. The predicted molar refractivity (Wildman–Crippen MR) is 84.3 cm³/mol. The van der Waals surface area contributed by atoms with E-state index < -0.39 is 0 Å². The van der Waals surface area contributed by atoms with Crippen LogP contribution in [-0.4, -0.2) is 16.7 Å². The van der Waals surface area contributed by atoms with Gasteiger partial charge in [0.25, 0.3) is 0 Å². The molecule has 22 heavy (non-hydrogen) atoms. The molecule has 1 N–H and O–H groups in total. The lowest BCUT2D eigenvalue weighted by molar-refractivity contribution is 0.0927. The van der Waals surface area contributed by atoms with Crippen molar-refractivity contribution in [3.63, 3.8) is 0 Å². The average molecular weight is 293 g/mol. The number of benzene rings is 1. The molecular formula is C17H15N3O2. The fourth-order valence-corrected chi connectivity index (χ4v) is 2.16. The normalized spacial score (nSPS) is 11.0. The monoisotopic (exact) mass is 293 g/mol. The van der Waals surface area contributed by atoms with Gasteiger partial charge < -0.3 is 8.98 Å². The third-order valence-corrected chi connectivity index (χ3v) is 3.19. The second-order valence-corrected chi connectivity index (χ2v) is 4.80. The molecule has 1 aromatic carbocycles. The van der Waals surface area contributed by atoms with E-state index in [2.05, 4.69) is 15.1 Å². The van der Waals surface area contributed by atoms with Crippen LogP contribution in [0.25, 0.3) is 5.69 Å². The minimum Gasteiger partial charge on any atom is -0.459 e. The van der Waals surface area contributed by atoms with Gasteiger partial charge in [0.05, 0.1) is 12.5 Å². The van der Waals surface area contributed by atoms with E-state index in [-0.39, 0.29) is 11.7 Å². The summed E-state index contributed by atoms with van der Waals surface area (Å²) in [6.45, 7) is 2.02. The first kappa shape index (κ1) is 13.9. The van der Waals surface area contributed by atoms with E-state index in [0.29, 0.717) is 0 Å². The fraction of sp³-hybridized carbons (Fsp3) is 0.0588. The van der Waals surface area contributed by atoms with Crippen LogP contribution in [0.15, 0.2) is 70.5 Å². The molecule has 0 spiro atoms. The Bertz CT molecular complexity index is 787. The van der Waals surface area contributed by atoms with Gasteiger partial charge in [0, 0.05) is 23.1 Å². The molecule has 5 heteroatoms. The maximum absolute atomic E-state index is 11.7. The van der Waals surface area contributed by atoms with Crippen LogP contribution in [0.4, 0.5) is 0 Å². The molecule has 0 unspecified atom stereocenters. The van der Waals surface area contributed by atoms with Crippen molar-refractivity contribution in [1.29, 1.82) is 0 Å². The minimum atomic E-state index is -0.375. The number of carbonyl (C=O) groups is 1. The third kappa shape index (κ3) is 2.98. The molecule has 0 fully saturated rings. The Kier molecular flexibility index (Phi) is 3.87. The number of aryl methyl sites for hydroxylation is 1. The molecule has 3 aromatic rings. The molecule has 0 aliphatic carbocycles. The summed E-state index contributed by atoms with van der Waals surface area (Å²) in [6, 6.07) is 15.3. The van der Waals surface area contributed by atoms with Crippen molar-refractivity contribution in [2.45, 2.75) is 6.92 Å². The first-order chi connectivity index (χ1) is 10.7. The summed E-state index contributed by atoms with van der Waals surface area (Å²) in [7, 11) is 0. The summed E-state index contributed by atoms with van der Waals surface area (Å²) in [4.78, 5) is 11.7. The molecule has 0 aliphatic heterocycles. The number of carbonyl (C=O) groups excluding carboxylic acids is 1.